The molecule has 0 aliphatic carbocycles. The normalized spacial score (nSPS) is 10.9. The summed E-state index contributed by atoms with van der Waals surface area (Å²) < 4.78 is 17.0. The number of ether oxygens (including phenoxy) is 3. The highest BCUT2D eigenvalue weighted by molar-refractivity contribution is 9.11. The van der Waals surface area contributed by atoms with Gasteiger partial charge in [0.15, 0.2) is 0 Å². The number of carbonyl (C=O) groups excluding carboxylic acids is 1. The summed E-state index contributed by atoms with van der Waals surface area (Å²) in [5.41, 5.74) is 6.66. The summed E-state index contributed by atoms with van der Waals surface area (Å²) in [7, 11) is 4.69. The van der Waals surface area contributed by atoms with E-state index >= 15 is 0 Å². The van der Waals surface area contributed by atoms with Crippen LogP contribution in [0.2, 0.25) is 0 Å². The summed E-state index contributed by atoms with van der Waals surface area (Å²) in [6.45, 7) is 2.76. The number of aromatic carboxylic acids is 1. The highest BCUT2D eigenvalue weighted by Crippen LogP contribution is 2.31. The van der Waals surface area contributed by atoms with E-state index in [9.17, 15) is 14.7 Å². The SMILES string of the molecule is COC(=O)c1ccc(Br)c2c(CNCc3ccc(OC)cc3)c[nH]c12.COc1ccc(CNCc2c[nH]c3c(C(=O)O)ccc(Br)c23)cc1. The van der Waals surface area contributed by atoms with Crippen molar-refractivity contribution in [3.63, 3.8) is 0 Å². The molecule has 0 saturated carbocycles. The molecular formula is C37H36Br2N4O6. The molecule has 0 aliphatic rings. The maximum atomic E-state index is 11.9. The van der Waals surface area contributed by atoms with Crippen LogP contribution in [0, 0.1) is 0 Å². The number of benzene rings is 4. The Morgan fingerprint density at radius 3 is 1.47 bits per heavy atom. The zero-order valence-electron chi connectivity index (χ0n) is 27.2. The van der Waals surface area contributed by atoms with Crippen molar-refractivity contribution >= 4 is 65.6 Å². The Morgan fingerprint density at radius 2 is 1.06 bits per heavy atom. The summed E-state index contributed by atoms with van der Waals surface area (Å²) in [5.74, 6) is 0.393. The molecular weight excluding hydrogens is 756 g/mol. The van der Waals surface area contributed by atoms with E-state index in [0.29, 0.717) is 30.7 Å². The molecule has 6 rings (SSSR count). The minimum absolute atomic E-state index is 0.273. The first-order chi connectivity index (χ1) is 23.7. The lowest BCUT2D eigenvalue weighted by molar-refractivity contribution is 0.0601. The number of methoxy groups -OCH3 is 3. The Bertz CT molecular complexity index is 2060. The zero-order chi connectivity index (χ0) is 34.9. The zero-order valence-corrected chi connectivity index (χ0v) is 30.3. The molecule has 254 valence electrons. The molecule has 0 unspecified atom stereocenters. The second-order valence-electron chi connectivity index (χ2n) is 11.0. The number of H-pyrrole nitrogens is 2. The number of carboxylic acids is 1. The van der Waals surface area contributed by atoms with Crippen molar-refractivity contribution in [1.82, 2.24) is 20.6 Å². The van der Waals surface area contributed by atoms with Gasteiger partial charge in [0.2, 0.25) is 0 Å². The maximum absolute atomic E-state index is 11.9. The van der Waals surface area contributed by atoms with Crippen LogP contribution in [-0.4, -0.2) is 48.3 Å². The molecule has 0 amide bonds. The fourth-order valence-electron chi connectivity index (χ4n) is 5.45. The fourth-order valence-corrected chi connectivity index (χ4v) is 6.62. The maximum Gasteiger partial charge on any atom is 0.339 e. The van der Waals surface area contributed by atoms with Crippen molar-refractivity contribution in [2.75, 3.05) is 21.3 Å². The van der Waals surface area contributed by atoms with Gasteiger partial charge in [-0.05, 0) is 70.8 Å². The van der Waals surface area contributed by atoms with Gasteiger partial charge in [-0.25, -0.2) is 9.59 Å². The van der Waals surface area contributed by atoms with Crippen LogP contribution in [-0.2, 0) is 30.9 Å². The molecule has 0 radical (unpaired) electrons. The molecule has 2 aromatic heterocycles. The Hall–Kier alpha value is -4.62. The van der Waals surface area contributed by atoms with Gasteiger partial charge in [-0.2, -0.15) is 0 Å². The van der Waals surface area contributed by atoms with E-state index in [1.165, 1.54) is 12.7 Å². The number of esters is 1. The first kappa shape index (κ1) is 35.7. The minimum Gasteiger partial charge on any atom is -0.497 e. The van der Waals surface area contributed by atoms with Gasteiger partial charge >= 0.3 is 11.9 Å². The van der Waals surface area contributed by atoms with E-state index in [4.69, 9.17) is 14.2 Å². The molecule has 0 fully saturated rings. The van der Waals surface area contributed by atoms with Gasteiger partial charge in [-0.15, -0.1) is 0 Å². The van der Waals surface area contributed by atoms with E-state index in [2.05, 4.69) is 52.5 Å². The standard InChI is InChI=1S/C19H19BrN2O3.C18H17BrN2O3/c1-24-14-5-3-12(4-6-14)9-21-10-13-11-22-18-15(19(23)25-2)7-8-16(20)17(13)18;1-24-13-4-2-11(3-5-13)8-20-9-12-10-21-17-14(18(22)23)6-7-15(19)16(12)17/h3-8,11,21-22H,9-10H2,1-2H3;2-7,10,20-21H,8-9H2,1H3,(H,22,23). The van der Waals surface area contributed by atoms with E-state index in [1.54, 1.807) is 32.4 Å². The topological polar surface area (TPSA) is 138 Å². The average molecular weight is 793 g/mol. The lowest BCUT2D eigenvalue weighted by Gasteiger charge is -2.07. The van der Waals surface area contributed by atoms with Crippen LogP contribution >= 0.6 is 31.9 Å². The molecule has 0 atom stereocenters. The molecule has 0 spiro atoms. The summed E-state index contributed by atoms with van der Waals surface area (Å²) in [5, 5.41) is 18.0. The number of aromatic amines is 2. The number of hydrogen-bond acceptors (Lipinski definition) is 7. The Balaban J connectivity index is 0.000000191. The van der Waals surface area contributed by atoms with E-state index in [0.717, 1.165) is 60.0 Å². The lowest BCUT2D eigenvalue weighted by Crippen LogP contribution is -2.12. The highest BCUT2D eigenvalue weighted by Gasteiger charge is 2.17. The van der Waals surface area contributed by atoms with Gasteiger partial charge in [0.1, 0.15) is 11.5 Å². The molecule has 0 aliphatic heterocycles. The van der Waals surface area contributed by atoms with Crippen molar-refractivity contribution in [1.29, 1.82) is 0 Å². The van der Waals surface area contributed by atoms with Crippen molar-refractivity contribution in [2.45, 2.75) is 26.2 Å². The van der Waals surface area contributed by atoms with Crippen LogP contribution in [0.15, 0.2) is 94.1 Å². The molecule has 12 heteroatoms. The third-order valence-electron chi connectivity index (χ3n) is 7.98. The smallest absolute Gasteiger partial charge is 0.339 e. The summed E-state index contributed by atoms with van der Waals surface area (Å²) in [6.07, 6.45) is 3.77. The van der Waals surface area contributed by atoms with Crippen LogP contribution in [0.3, 0.4) is 0 Å². The van der Waals surface area contributed by atoms with Crippen LogP contribution in [0.5, 0.6) is 11.5 Å². The van der Waals surface area contributed by atoms with Crippen molar-refractivity contribution < 1.29 is 28.9 Å². The summed E-state index contributed by atoms with van der Waals surface area (Å²) in [6, 6.07) is 22.8. The average Bonchev–Trinajstić information content (AvgIpc) is 3.75. The molecule has 10 nitrogen and oxygen atoms in total. The number of nitrogens with one attached hydrogen (secondary N) is 4. The molecule has 0 saturated heterocycles. The number of hydrogen-bond donors (Lipinski definition) is 5. The fraction of sp³-hybridized carbons (Fsp3) is 0.189. The number of rotatable bonds is 12. The van der Waals surface area contributed by atoms with Crippen LogP contribution in [0.25, 0.3) is 21.8 Å². The molecule has 4 aromatic carbocycles. The number of fused-ring (bicyclic) bond motifs is 2. The van der Waals surface area contributed by atoms with Gasteiger partial charge in [-0.1, -0.05) is 56.1 Å². The Morgan fingerprint density at radius 1 is 0.633 bits per heavy atom. The van der Waals surface area contributed by atoms with Gasteiger partial charge in [0.05, 0.1) is 43.5 Å². The predicted molar refractivity (Wildman–Crippen MR) is 197 cm³/mol. The van der Waals surface area contributed by atoms with Crippen molar-refractivity contribution in [2.24, 2.45) is 0 Å². The first-order valence-electron chi connectivity index (χ1n) is 15.3. The minimum atomic E-state index is -0.938. The quantitative estimate of drug-likeness (QED) is 0.0789. The van der Waals surface area contributed by atoms with Gasteiger partial charge in [0.25, 0.3) is 0 Å². The largest absolute Gasteiger partial charge is 0.497 e. The van der Waals surface area contributed by atoms with E-state index in [-0.39, 0.29) is 11.5 Å². The van der Waals surface area contributed by atoms with Gasteiger partial charge < -0.3 is 39.9 Å². The van der Waals surface area contributed by atoms with Gasteiger partial charge in [-0.3, -0.25) is 0 Å². The van der Waals surface area contributed by atoms with Gasteiger partial charge in [0, 0.05) is 58.3 Å². The van der Waals surface area contributed by atoms with Crippen LogP contribution < -0.4 is 20.1 Å². The first-order valence-corrected chi connectivity index (χ1v) is 16.9. The van der Waals surface area contributed by atoms with Crippen LogP contribution in [0.4, 0.5) is 0 Å². The van der Waals surface area contributed by atoms with Crippen molar-refractivity contribution in [3.8, 4) is 11.5 Å². The lowest BCUT2D eigenvalue weighted by atomic mass is 10.1. The van der Waals surface area contributed by atoms with Crippen molar-refractivity contribution in [3.05, 3.63) is 128 Å². The second kappa shape index (κ2) is 16.7. The number of aromatic nitrogens is 2. The molecule has 6 aromatic rings. The van der Waals surface area contributed by atoms with E-state index in [1.807, 2.05) is 67.0 Å². The Labute approximate surface area is 300 Å². The Kier molecular flexibility index (Phi) is 12.1. The molecule has 2 heterocycles. The number of halogens is 2. The third kappa shape index (κ3) is 8.52. The van der Waals surface area contributed by atoms with E-state index < -0.39 is 5.97 Å². The number of carboxylic acid groups (broad SMARTS) is 1. The molecule has 49 heavy (non-hydrogen) atoms. The third-order valence-corrected chi connectivity index (χ3v) is 9.30. The predicted octanol–water partition coefficient (Wildman–Crippen LogP) is 7.94. The molecule has 5 N–H and O–H groups in total. The molecule has 0 bridgehead atoms. The number of carbonyl (C=O) groups is 2. The highest BCUT2D eigenvalue weighted by atomic mass is 79.9. The summed E-state index contributed by atoms with van der Waals surface area (Å²) in [4.78, 5) is 29.5. The summed E-state index contributed by atoms with van der Waals surface area (Å²) >= 11 is 7.08. The monoisotopic (exact) mass is 790 g/mol. The second-order valence-corrected chi connectivity index (χ2v) is 12.7. The van der Waals surface area contributed by atoms with Crippen LogP contribution in [0.1, 0.15) is 43.0 Å².